The fourth-order valence-electron chi connectivity index (χ4n) is 10.2. The van der Waals surface area contributed by atoms with Crippen LogP contribution in [0.2, 0.25) is 0 Å². The third-order valence-electron chi connectivity index (χ3n) is 12.4. The van der Waals surface area contributed by atoms with E-state index in [1.807, 2.05) is 0 Å². The van der Waals surface area contributed by atoms with E-state index in [2.05, 4.69) is 192 Å². The second-order valence-electron chi connectivity index (χ2n) is 14.9. The minimum atomic E-state index is -0.356. The molecule has 0 bridgehead atoms. The molecule has 0 amide bonds. The molecule has 5 aliphatic rings. The van der Waals surface area contributed by atoms with Gasteiger partial charge in [-0.05, 0) is 75.3 Å². The maximum atomic E-state index is 6.70. The molecular formula is C50H34N2O. The first kappa shape index (κ1) is 29.0. The number of nitrogens with zero attached hydrogens (tertiary/aromatic N) is 1. The Morgan fingerprint density at radius 3 is 2.04 bits per heavy atom. The molecule has 53 heavy (non-hydrogen) atoms. The minimum absolute atomic E-state index is 0.0687. The zero-order valence-corrected chi connectivity index (χ0v) is 28.9. The van der Waals surface area contributed by atoms with E-state index in [0.717, 1.165) is 11.5 Å². The molecule has 3 aliphatic heterocycles. The van der Waals surface area contributed by atoms with E-state index < -0.39 is 0 Å². The van der Waals surface area contributed by atoms with Crippen LogP contribution in [-0.4, -0.2) is 0 Å². The van der Waals surface area contributed by atoms with E-state index >= 15 is 0 Å². The molecule has 3 nitrogen and oxygen atoms in total. The summed E-state index contributed by atoms with van der Waals surface area (Å²) in [5.74, 6) is 2.45. The standard InChI is InChI=1S/C50H34N2O/c1-2-14-39-35(11-1)38-27-25-34(30-46(38)52-45-19-9-8-18-44(45)51-49(39)52)32-23-21-31(22-24-32)33-26-28-48-43(29-33)50(42-17-7-10-20-47(42)53-48)40-15-5-3-12-36(40)37-13-4-6-16-41(37)50/h1-30,36,40,49,51H. The maximum Gasteiger partial charge on any atom is 0.131 e. The van der Waals surface area contributed by atoms with Crippen molar-refractivity contribution in [1.29, 1.82) is 0 Å². The van der Waals surface area contributed by atoms with Crippen molar-refractivity contribution in [2.24, 2.45) is 5.92 Å². The lowest BCUT2D eigenvalue weighted by Gasteiger charge is -2.43. The summed E-state index contributed by atoms with van der Waals surface area (Å²) in [6, 6.07) is 58.0. The summed E-state index contributed by atoms with van der Waals surface area (Å²) in [5.41, 5.74) is 17.2. The number of allylic oxidation sites excluding steroid dienone is 4. The number of benzene rings is 7. The van der Waals surface area contributed by atoms with E-state index in [-0.39, 0.29) is 17.5 Å². The maximum absolute atomic E-state index is 6.70. The second kappa shape index (κ2) is 10.7. The summed E-state index contributed by atoms with van der Waals surface area (Å²) in [6.45, 7) is 0. The summed E-state index contributed by atoms with van der Waals surface area (Å²) >= 11 is 0. The molecule has 250 valence electrons. The highest BCUT2D eigenvalue weighted by Gasteiger charge is 2.56. The summed E-state index contributed by atoms with van der Waals surface area (Å²) in [7, 11) is 0. The highest BCUT2D eigenvalue weighted by molar-refractivity contribution is 5.96. The Morgan fingerprint density at radius 1 is 0.491 bits per heavy atom. The average Bonchev–Trinajstić information content (AvgIpc) is 3.76. The molecule has 0 aromatic heterocycles. The van der Waals surface area contributed by atoms with Gasteiger partial charge < -0.3 is 15.0 Å². The minimum Gasteiger partial charge on any atom is -0.457 e. The van der Waals surface area contributed by atoms with Gasteiger partial charge in [-0.3, -0.25) is 0 Å². The van der Waals surface area contributed by atoms with Crippen LogP contribution >= 0.6 is 0 Å². The molecule has 0 radical (unpaired) electrons. The number of ether oxygens (including phenoxy) is 1. The van der Waals surface area contributed by atoms with E-state index in [9.17, 15) is 0 Å². The number of fused-ring (bicyclic) bond motifs is 17. The molecular weight excluding hydrogens is 645 g/mol. The molecule has 0 fully saturated rings. The molecule has 7 aromatic carbocycles. The van der Waals surface area contributed by atoms with E-state index in [1.165, 1.54) is 78.3 Å². The van der Waals surface area contributed by atoms with Crippen LogP contribution in [0.15, 0.2) is 182 Å². The normalized spacial score (nSPS) is 21.6. The number of para-hydroxylation sites is 3. The van der Waals surface area contributed by atoms with Crippen molar-refractivity contribution in [1.82, 2.24) is 0 Å². The van der Waals surface area contributed by atoms with Crippen molar-refractivity contribution < 1.29 is 4.74 Å². The molecule has 4 unspecified atom stereocenters. The number of rotatable bonds is 2. The van der Waals surface area contributed by atoms with Gasteiger partial charge in [0.25, 0.3) is 0 Å². The molecule has 12 rings (SSSR count). The first-order chi connectivity index (χ1) is 26.3. The highest BCUT2D eigenvalue weighted by atomic mass is 16.5. The average molecular weight is 679 g/mol. The predicted octanol–water partition coefficient (Wildman–Crippen LogP) is 12.5. The van der Waals surface area contributed by atoms with E-state index in [0.29, 0.717) is 5.92 Å². The van der Waals surface area contributed by atoms with Crippen LogP contribution in [0.25, 0.3) is 33.4 Å². The van der Waals surface area contributed by atoms with Gasteiger partial charge >= 0.3 is 0 Å². The lowest BCUT2D eigenvalue weighted by Crippen LogP contribution is -2.37. The van der Waals surface area contributed by atoms with Gasteiger partial charge in [-0.1, -0.05) is 146 Å². The number of hydrogen-bond acceptors (Lipinski definition) is 3. The Balaban J connectivity index is 0.964. The van der Waals surface area contributed by atoms with Crippen LogP contribution in [0.3, 0.4) is 0 Å². The second-order valence-corrected chi connectivity index (χ2v) is 14.9. The quantitative estimate of drug-likeness (QED) is 0.197. The zero-order valence-electron chi connectivity index (χ0n) is 28.9. The molecule has 4 atom stereocenters. The van der Waals surface area contributed by atoms with Gasteiger partial charge in [-0.15, -0.1) is 0 Å². The topological polar surface area (TPSA) is 24.5 Å². The smallest absolute Gasteiger partial charge is 0.131 e. The van der Waals surface area contributed by atoms with Gasteiger partial charge in [0.2, 0.25) is 0 Å². The third-order valence-corrected chi connectivity index (χ3v) is 12.4. The van der Waals surface area contributed by atoms with Crippen molar-refractivity contribution in [3.8, 4) is 44.9 Å². The van der Waals surface area contributed by atoms with Crippen molar-refractivity contribution in [2.45, 2.75) is 17.5 Å². The number of hydrogen-bond donors (Lipinski definition) is 1. The summed E-state index contributed by atoms with van der Waals surface area (Å²) in [6.07, 6.45) is 9.32. The van der Waals surface area contributed by atoms with Gasteiger partial charge in [-0.25, -0.2) is 0 Å². The Hall–Kier alpha value is -6.58. The highest BCUT2D eigenvalue weighted by Crippen LogP contribution is 2.65. The van der Waals surface area contributed by atoms with Crippen LogP contribution in [0.4, 0.5) is 17.1 Å². The first-order valence-corrected chi connectivity index (χ1v) is 18.6. The summed E-state index contributed by atoms with van der Waals surface area (Å²) < 4.78 is 6.70. The number of anilines is 3. The van der Waals surface area contributed by atoms with Gasteiger partial charge in [0.05, 0.1) is 22.5 Å². The van der Waals surface area contributed by atoms with Crippen LogP contribution in [0, 0.1) is 5.92 Å². The fourth-order valence-corrected chi connectivity index (χ4v) is 10.2. The van der Waals surface area contributed by atoms with Crippen molar-refractivity contribution in [3.05, 3.63) is 210 Å². The summed E-state index contributed by atoms with van der Waals surface area (Å²) in [5, 5.41) is 3.79. The van der Waals surface area contributed by atoms with Crippen LogP contribution in [0.1, 0.15) is 39.9 Å². The first-order valence-electron chi connectivity index (χ1n) is 18.6. The molecule has 3 heteroatoms. The van der Waals surface area contributed by atoms with Crippen LogP contribution in [0.5, 0.6) is 11.5 Å². The molecule has 1 N–H and O–H groups in total. The monoisotopic (exact) mass is 678 g/mol. The van der Waals surface area contributed by atoms with Crippen LogP contribution in [-0.2, 0) is 5.41 Å². The fraction of sp³-hybridized carbons (Fsp3) is 0.0800. The molecule has 0 saturated heterocycles. The van der Waals surface area contributed by atoms with E-state index in [4.69, 9.17) is 4.74 Å². The third kappa shape index (κ3) is 3.89. The summed E-state index contributed by atoms with van der Waals surface area (Å²) in [4.78, 5) is 2.47. The largest absolute Gasteiger partial charge is 0.457 e. The van der Waals surface area contributed by atoms with Crippen molar-refractivity contribution >= 4 is 17.1 Å². The van der Waals surface area contributed by atoms with Gasteiger partial charge in [0, 0.05) is 34.1 Å². The van der Waals surface area contributed by atoms with Gasteiger partial charge in [0.15, 0.2) is 0 Å². The van der Waals surface area contributed by atoms with E-state index in [1.54, 1.807) is 0 Å². The Bertz CT molecular complexity index is 2720. The van der Waals surface area contributed by atoms with Gasteiger partial charge in [-0.2, -0.15) is 0 Å². The lowest BCUT2D eigenvalue weighted by atomic mass is 9.61. The molecule has 1 spiro atoms. The predicted molar refractivity (Wildman–Crippen MR) is 215 cm³/mol. The van der Waals surface area contributed by atoms with Gasteiger partial charge in [0.1, 0.15) is 17.7 Å². The SMILES string of the molecule is C1=CC2c3ccccc3C3(c4ccccc4Oc4ccc(-c5ccc(-c6ccc7c(c6)N6c8ccccc8NC6c6ccccc6-7)cc5)cc43)C2C=C1. The number of nitrogens with one attached hydrogen (secondary N) is 1. The molecule has 7 aromatic rings. The molecule has 0 saturated carbocycles. The Morgan fingerprint density at radius 2 is 1.15 bits per heavy atom. The Kier molecular flexibility index (Phi) is 5.88. The van der Waals surface area contributed by atoms with Crippen molar-refractivity contribution in [3.63, 3.8) is 0 Å². The van der Waals surface area contributed by atoms with Crippen molar-refractivity contribution in [2.75, 3.05) is 10.2 Å². The van der Waals surface area contributed by atoms with Crippen LogP contribution < -0.4 is 15.0 Å². The molecule has 3 heterocycles. The lowest BCUT2D eigenvalue weighted by molar-refractivity contribution is 0.374. The zero-order chi connectivity index (χ0) is 34.7. The Labute approximate surface area is 309 Å². The molecule has 2 aliphatic carbocycles.